The summed E-state index contributed by atoms with van der Waals surface area (Å²) in [6.07, 6.45) is 4.40. The molecule has 2 N–H and O–H groups in total. The van der Waals surface area contributed by atoms with Crippen LogP contribution in [0.25, 0.3) is 0 Å². The van der Waals surface area contributed by atoms with Crippen LogP contribution in [0.2, 0.25) is 0 Å². The zero-order chi connectivity index (χ0) is 14.2. The predicted octanol–water partition coefficient (Wildman–Crippen LogP) is 2.53. The molecule has 112 valence electrons. The lowest BCUT2D eigenvalue weighted by molar-refractivity contribution is 0.0896. The molecule has 1 heterocycles. The van der Waals surface area contributed by atoms with E-state index in [1.165, 1.54) is 6.42 Å². The van der Waals surface area contributed by atoms with Crippen LogP contribution in [0.3, 0.4) is 0 Å². The summed E-state index contributed by atoms with van der Waals surface area (Å²) in [5.74, 6) is 1.66. The van der Waals surface area contributed by atoms with Crippen molar-refractivity contribution in [3.63, 3.8) is 0 Å². The SMILES string of the molecule is CCOc1cccc(CCN)c1OCCC1CCCO1. The Labute approximate surface area is 121 Å². The molecule has 0 saturated carbocycles. The van der Waals surface area contributed by atoms with E-state index in [-0.39, 0.29) is 0 Å². The highest BCUT2D eigenvalue weighted by Crippen LogP contribution is 2.32. The van der Waals surface area contributed by atoms with Crippen molar-refractivity contribution >= 4 is 0 Å². The van der Waals surface area contributed by atoms with Crippen LogP contribution in [-0.4, -0.2) is 32.5 Å². The molecule has 1 saturated heterocycles. The molecule has 4 heteroatoms. The van der Waals surface area contributed by atoms with Gasteiger partial charge in [-0.2, -0.15) is 0 Å². The van der Waals surface area contributed by atoms with Crippen molar-refractivity contribution in [3.05, 3.63) is 23.8 Å². The zero-order valence-electron chi connectivity index (χ0n) is 12.3. The van der Waals surface area contributed by atoms with Crippen LogP contribution in [0.4, 0.5) is 0 Å². The third kappa shape index (κ3) is 4.12. The highest BCUT2D eigenvalue weighted by molar-refractivity contribution is 5.46. The van der Waals surface area contributed by atoms with Gasteiger partial charge in [0.2, 0.25) is 0 Å². The summed E-state index contributed by atoms with van der Waals surface area (Å²) in [5, 5.41) is 0. The third-order valence-corrected chi connectivity index (χ3v) is 3.48. The highest BCUT2D eigenvalue weighted by atomic mass is 16.5. The molecule has 20 heavy (non-hydrogen) atoms. The second kappa shape index (κ2) is 8.12. The first kappa shape index (κ1) is 15.1. The minimum absolute atomic E-state index is 0.354. The van der Waals surface area contributed by atoms with Crippen molar-refractivity contribution in [1.29, 1.82) is 0 Å². The first-order valence-electron chi connectivity index (χ1n) is 7.54. The summed E-state index contributed by atoms with van der Waals surface area (Å²) in [5.41, 5.74) is 6.78. The molecule has 1 atom stereocenters. The van der Waals surface area contributed by atoms with Crippen LogP contribution in [0.5, 0.6) is 11.5 Å². The lowest BCUT2D eigenvalue weighted by Gasteiger charge is -2.17. The Bertz CT molecular complexity index is 378. The molecule has 1 aliphatic rings. The van der Waals surface area contributed by atoms with Crippen LogP contribution in [0.15, 0.2) is 18.2 Å². The smallest absolute Gasteiger partial charge is 0.164 e. The van der Waals surface area contributed by atoms with Gasteiger partial charge in [0.1, 0.15) is 0 Å². The van der Waals surface area contributed by atoms with Crippen LogP contribution >= 0.6 is 0 Å². The lowest BCUT2D eigenvalue weighted by Crippen LogP contribution is -2.13. The molecule has 0 spiro atoms. The van der Waals surface area contributed by atoms with Crippen LogP contribution in [0, 0.1) is 0 Å². The van der Waals surface area contributed by atoms with E-state index in [9.17, 15) is 0 Å². The first-order valence-corrected chi connectivity index (χ1v) is 7.54. The van der Waals surface area contributed by atoms with E-state index in [0.29, 0.717) is 25.9 Å². The van der Waals surface area contributed by atoms with Crippen molar-refractivity contribution in [2.75, 3.05) is 26.4 Å². The molecular formula is C16H25NO3. The van der Waals surface area contributed by atoms with E-state index in [2.05, 4.69) is 6.07 Å². The van der Waals surface area contributed by atoms with Gasteiger partial charge >= 0.3 is 0 Å². The molecule has 2 rings (SSSR count). The van der Waals surface area contributed by atoms with Gasteiger partial charge < -0.3 is 19.9 Å². The van der Waals surface area contributed by atoms with E-state index in [4.69, 9.17) is 19.9 Å². The summed E-state index contributed by atoms with van der Waals surface area (Å²) in [6.45, 7) is 4.77. The fraction of sp³-hybridized carbons (Fsp3) is 0.625. The third-order valence-electron chi connectivity index (χ3n) is 3.48. The second-order valence-corrected chi connectivity index (χ2v) is 4.99. The van der Waals surface area contributed by atoms with Gasteiger partial charge in [-0.15, -0.1) is 0 Å². The van der Waals surface area contributed by atoms with Crippen LogP contribution in [0.1, 0.15) is 31.7 Å². The number of benzene rings is 1. The lowest BCUT2D eigenvalue weighted by atomic mass is 10.1. The van der Waals surface area contributed by atoms with E-state index in [1.807, 2.05) is 19.1 Å². The Morgan fingerprint density at radius 2 is 2.25 bits per heavy atom. The molecule has 1 aromatic rings. The van der Waals surface area contributed by atoms with Crippen LogP contribution in [-0.2, 0) is 11.2 Å². The van der Waals surface area contributed by atoms with Gasteiger partial charge in [-0.1, -0.05) is 12.1 Å². The van der Waals surface area contributed by atoms with Gasteiger partial charge in [-0.25, -0.2) is 0 Å². The molecule has 0 bridgehead atoms. The minimum Gasteiger partial charge on any atom is -0.490 e. The summed E-state index contributed by atoms with van der Waals surface area (Å²) in [4.78, 5) is 0. The maximum Gasteiger partial charge on any atom is 0.164 e. The normalized spacial score (nSPS) is 18.2. The quantitative estimate of drug-likeness (QED) is 0.794. The molecule has 1 fully saturated rings. The van der Waals surface area contributed by atoms with E-state index < -0.39 is 0 Å². The van der Waals surface area contributed by atoms with Crippen molar-refractivity contribution in [2.24, 2.45) is 5.73 Å². The highest BCUT2D eigenvalue weighted by Gasteiger charge is 2.16. The van der Waals surface area contributed by atoms with E-state index in [1.54, 1.807) is 0 Å². The maximum absolute atomic E-state index is 5.97. The number of hydrogen-bond donors (Lipinski definition) is 1. The van der Waals surface area contributed by atoms with E-state index in [0.717, 1.165) is 42.9 Å². The summed E-state index contributed by atoms with van der Waals surface area (Å²) in [6, 6.07) is 5.99. The Morgan fingerprint density at radius 1 is 1.35 bits per heavy atom. The van der Waals surface area contributed by atoms with Crippen LogP contribution < -0.4 is 15.2 Å². The molecule has 1 aromatic carbocycles. The summed E-state index contributed by atoms with van der Waals surface area (Å²) < 4.78 is 17.2. The Kier molecular flexibility index (Phi) is 6.15. The monoisotopic (exact) mass is 279 g/mol. The van der Waals surface area contributed by atoms with Crippen molar-refractivity contribution in [3.8, 4) is 11.5 Å². The molecule has 4 nitrogen and oxygen atoms in total. The van der Waals surface area contributed by atoms with Crippen molar-refractivity contribution < 1.29 is 14.2 Å². The number of para-hydroxylation sites is 1. The first-order chi connectivity index (χ1) is 9.85. The van der Waals surface area contributed by atoms with Gasteiger partial charge in [0.05, 0.1) is 19.3 Å². The van der Waals surface area contributed by atoms with Crippen molar-refractivity contribution in [1.82, 2.24) is 0 Å². The average molecular weight is 279 g/mol. The fourth-order valence-electron chi connectivity index (χ4n) is 2.51. The largest absolute Gasteiger partial charge is 0.490 e. The zero-order valence-corrected chi connectivity index (χ0v) is 12.3. The Balaban J connectivity index is 1.98. The molecule has 0 aromatic heterocycles. The average Bonchev–Trinajstić information content (AvgIpc) is 2.95. The number of rotatable bonds is 8. The summed E-state index contributed by atoms with van der Waals surface area (Å²) >= 11 is 0. The topological polar surface area (TPSA) is 53.7 Å². The minimum atomic E-state index is 0.354. The van der Waals surface area contributed by atoms with E-state index >= 15 is 0 Å². The second-order valence-electron chi connectivity index (χ2n) is 4.99. The molecule has 1 unspecified atom stereocenters. The molecule has 0 amide bonds. The fourth-order valence-corrected chi connectivity index (χ4v) is 2.51. The Hall–Kier alpha value is -1.26. The predicted molar refractivity (Wildman–Crippen MR) is 79.5 cm³/mol. The number of ether oxygens (including phenoxy) is 3. The number of hydrogen-bond acceptors (Lipinski definition) is 4. The van der Waals surface area contributed by atoms with Gasteiger partial charge in [-0.3, -0.25) is 0 Å². The standard InChI is InChI=1S/C16H25NO3/c1-2-18-15-7-3-5-13(8-10-17)16(15)20-12-9-14-6-4-11-19-14/h3,5,7,14H,2,4,6,8-12,17H2,1H3. The Morgan fingerprint density at radius 3 is 2.95 bits per heavy atom. The van der Waals surface area contributed by atoms with Gasteiger partial charge in [0, 0.05) is 13.0 Å². The van der Waals surface area contributed by atoms with Gasteiger partial charge in [-0.05, 0) is 44.4 Å². The maximum atomic E-state index is 5.97. The van der Waals surface area contributed by atoms with Gasteiger partial charge in [0.15, 0.2) is 11.5 Å². The molecular weight excluding hydrogens is 254 g/mol. The molecule has 0 radical (unpaired) electrons. The molecule has 1 aliphatic heterocycles. The molecule has 0 aliphatic carbocycles. The van der Waals surface area contributed by atoms with Gasteiger partial charge in [0.25, 0.3) is 0 Å². The number of nitrogens with two attached hydrogens (primary N) is 1. The summed E-state index contributed by atoms with van der Waals surface area (Å²) in [7, 11) is 0. The van der Waals surface area contributed by atoms with Crippen molar-refractivity contribution in [2.45, 2.75) is 38.7 Å².